The molecule has 1 aromatic carbocycles. The highest BCUT2D eigenvalue weighted by Crippen LogP contribution is 2.18. The van der Waals surface area contributed by atoms with Gasteiger partial charge in [-0.25, -0.2) is 0 Å². The predicted molar refractivity (Wildman–Crippen MR) is 66.6 cm³/mol. The first-order valence-corrected chi connectivity index (χ1v) is 5.66. The summed E-state index contributed by atoms with van der Waals surface area (Å²) in [4.78, 5) is 21.7. The monoisotopic (exact) mass is 251 g/mol. The number of nitrogens with one attached hydrogen (secondary N) is 1. The number of carbonyl (C=O) groups is 2. The third-order valence-electron chi connectivity index (χ3n) is 2.44. The van der Waals surface area contributed by atoms with E-state index in [0.29, 0.717) is 6.42 Å². The van der Waals surface area contributed by atoms with Crippen molar-refractivity contribution in [2.75, 3.05) is 7.11 Å². The first-order valence-electron chi connectivity index (χ1n) is 5.66. The van der Waals surface area contributed by atoms with Gasteiger partial charge in [0.2, 0.25) is 5.91 Å². The Balaban J connectivity index is 2.56. The van der Waals surface area contributed by atoms with E-state index in [1.807, 2.05) is 31.2 Å². The Morgan fingerprint density at radius 2 is 2.06 bits per heavy atom. The summed E-state index contributed by atoms with van der Waals surface area (Å²) in [6, 6.07) is 7.38. The van der Waals surface area contributed by atoms with E-state index >= 15 is 0 Å². The van der Waals surface area contributed by atoms with E-state index in [1.165, 1.54) is 0 Å². The van der Waals surface area contributed by atoms with Crippen molar-refractivity contribution in [3.8, 4) is 5.75 Å². The fourth-order valence-electron chi connectivity index (χ4n) is 1.72. The van der Waals surface area contributed by atoms with Gasteiger partial charge in [-0.3, -0.25) is 9.59 Å². The van der Waals surface area contributed by atoms with Crippen LogP contribution in [0.1, 0.15) is 18.9 Å². The molecule has 1 amide bonds. The quantitative estimate of drug-likeness (QED) is 0.745. The average molecular weight is 251 g/mol. The Kier molecular flexibility index (Phi) is 5.17. The molecule has 5 heteroatoms. The van der Waals surface area contributed by atoms with Gasteiger partial charge in [-0.1, -0.05) is 18.2 Å². The Hall–Kier alpha value is -2.04. The molecule has 0 aliphatic rings. The summed E-state index contributed by atoms with van der Waals surface area (Å²) in [5.41, 5.74) is 0.975. The van der Waals surface area contributed by atoms with Gasteiger partial charge in [0, 0.05) is 6.04 Å². The number of hydrogen-bond acceptors (Lipinski definition) is 3. The summed E-state index contributed by atoms with van der Waals surface area (Å²) in [5.74, 6) is -0.848. The summed E-state index contributed by atoms with van der Waals surface area (Å²) < 4.78 is 5.21. The molecule has 5 nitrogen and oxygen atoms in total. The van der Waals surface area contributed by atoms with Crippen LogP contribution in [0.5, 0.6) is 5.75 Å². The van der Waals surface area contributed by atoms with E-state index in [4.69, 9.17) is 9.84 Å². The number of para-hydroxylation sites is 1. The van der Waals surface area contributed by atoms with Crippen LogP contribution in [0.3, 0.4) is 0 Å². The maximum Gasteiger partial charge on any atom is 0.312 e. The zero-order chi connectivity index (χ0) is 13.5. The lowest BCUT2D eigenvalue weighted by Gasteiger charge is -2.15. The minimum Gasteiger partial charge on any atom is -0.496 e. The zero-order valence-electron chi connectivity index (χ0n) is 10.5. The molecular formula is C13H17NO4. The fraction of sp³-hybridized carbons (Fsp3) is 0.385. The maximum absolute atomic E-state index is 11.3. The first kappa shape index (κ1) is 14.0. The van der Waals surface area contributed by atoms with Gasteiger partial charge in [0.05, 0.1) is 7.11 Å². The van der Waals surface area contributed by atoms with Crippen LogP contribution in [-0.4, -0.2) is 30.1 Å². The van der Waals surface area contributed by atoms with Crippen molar-refractivity contribution in [1.29, 1.82) is 0 Å². The van der Waals surface area contributed by atoms with Gasteiger partial charge < -0.3 is 15.2 Å². The molecule has 0 saturated carbocycles. The normalized spacial score (nSPS) is 11.7. The van der Waals surface area contributed by atoms with Crippen molar-refractivity contribution >= 4 is 11.9 Å². The minimum atomic E-state index is -1.13. The van der Waals surface area contributed by atoms with Crippen LogP contribution < -0.4 is 10.1 Å². The van der Waals surface area contributed by atoms with Gasteiger partial charge in [0.15, 0.2) is 0 Å². The second-order valence-corrected chi connectivity index (χ2v) is 4.06. The molecule has 0 aromatic heterocycles. The molecule has 1 atom stereocenters. The highest BCUT2D eigenvalue weighted by atomic mass is 16.5. The van der Waals surface area contributed by atoms with Gasteiger partial charge in [-0.05, 0) is 25.0 Å². The Labute approximate surface area is 106 Å². The van der Waals surface area contributed by atoms with E-state index in [1.54, 1.807) is 7.11 Å². The van der Waals surface area contributed by atoms with Crippen molar-refractivity contribution < 1.29 is 19.4 Å². The van der Waals surface area contributed by atoms with Crippen LogP contribution in [0.25, 0.3) is 0 Å². The van der Waals surface area contributed by atoms with Crippen molar-refractivity contribution in [3.63, 3.8) is 0 Å². The third-order valence-corrected chi connectivity index (χ3v) is 2.44. The smallest absolute Gasteiger partial charge is 0.312 e. The molecular weight excluding hydrogens is 234 g/mol. The summed E-state index contributed by atoms with van der Waals surface area (Å²) in [5, 5.41) is 11.1. The molecule has 1 aromatic rings. The Morgan fingerprint density at radius 3 is 2.67 bits per heavy atom. The molecule has 98 valence electrons. The highest BCUT2D eigenvalue weighted by Gasteiger charge is 2.12. The number of carbonyl (C=O) groups excluding carboxylic acids is 1. The largest absolute Gasteiger partial charge is 0.496 e. The number of aliphatic carboxylic acids is 1. The molecule has 0 fully saturated rings. The first-order chi connectivity index (χ1) is 8.52. The number of hydrogen-bond donors (Lipinski definition) is 2. The molecule has 0 bridgehead atoms. The lowest BCUT2D eigenvalue weighted by atomic mass is 10.1. The Bertz CT molecular complexity index is 431. The molecule has 1 unspecified atom stereocenters. The summed E-state index contributed by atoms with van der Waals surface area (Å²) in [6.07, 6.45) is 0.0889. The number of benzene rings is 1. The molecule has 2 N–H and O–H groups in total. The van der Waals surface area contributed by atoms with E-state index in [9.17, 15) is 9.59 Å². The average Bonchev–Trinajstić information content (AvgIpc) is 2.28. The van der Waals surface area contributed by atoms with Gasteiger partial charge in [0.1, 0.15) is 12.2 Å². The van der Waals surface area contributed by atoms with Crippen molar-refractivity contribution in [3.05, 3.63) is 29.8 Å². The van der Waals surface area contributed by atoms with E-state index in [2.05, 4.69) is 5.32 Å². The summed E-state index contributed by atoms with van der Waals surface area (Å²) >= 11 is 0. The lowest BCUT2D eigenvalue weighted by molar-refractivity contribution is -0.140. The molecule has 0 spiro atoms. The summed E-state index contributed by atoms with van der Waals surface area (Å²) in [7, 11) is 1.59. The maximum atomic E-state index is 11.3. The van der Waals surface area contributed by atoms with E-state index < -0.39 is 18.3 Å². The molecule has 1 rings (SSSR count). The van der Waals surface area contributed by atoms with Crippen LogP contribution in [-0.2, 0) is 16.0 Å². The van der Waals surface area contributed by atoms with Gasteiger partial charge in [0.25, 0.3) is 0 Å². The highest BCUT2D eigenvalue weighted by molar-refractivity contribution is 5.93. The Morgan fingerprint density at radius 1 is 1.39 bits per heavy atom. The molecule has 0 radical (unpaired) electrons. The number of carboxylic acids is 1. The second kappa shape index (κ2) is 6.64. The number of carboxylic acid groups (broad SMARTS) is 1. The summed E-state index contributed by atoms with van der Waals surface area (Å²) in [6.45, 7) is 1.83. The van der Waals surface area contributed by atoms with Crippen molar-refractivity contribution in [1.82, 2.24) is 5.32 Å². The van der Waals surface area contributed by atoms with Crippen LogP contribution in [0, 0.1) is 0 Å². The van der Waals surface area contributed by atoms with Gasteiger partial charge in [-0.15, -0.1) is 0 Å². The third kappa shape index (κ3) is 4.45. The lowest BCUT2D eigenvalue weighted by Crippen LogP contribution is -2.35. The van der Waals surface area contributed by atoms with Crippen LogP contribution in [0.15, 0.2) is 24.3 Å². The van der Waals surface area contributed by atoms with E-state index in [0.717, 1.165) is 11.3 Å². The van der Waals surface area contributed by atoms with Crippen molar-refractivity contribution in [2.24, 2.45) is 0 Å². The fourth-order valence-corrected chi connectivity index (χ4v) is 1.72. The topological polar surface area (TPSA) is 75.6 Å². The minimum absolute atomic E-state index is 0.145. The van der Waals surface area contributed by atoms with Gasteiger partial charge >= 0.3 is 5.97 Å². The van der Waals surface area contributed by atoms with E-state index in [-0.39, 0.29) is 6.04 Å². The van der Waals surface area contributed by atoms with Crippen LogP contribution >= 0.6 is 0 Å². The second-order valence-electron chi connectivity index (χ2n) is 4.06. The standard InChI is InChI=1S/C13H17NO4/c1-9(14-12(15)8-13(16)17)7-10-5-3-4-6-11(10)18-2/h3-6,9H,7-8H2,1-2H3,(H,14,15)(H,16,17). The number of amides is 1. The predicted octanol–water partition coefficient (Wildman–Crippen LogP) is 1.22. The zero-order valence-corrected chi connectivity index (χ0v) is 10.5. The number of methoxy groups -OCH3 is 1. The molecule has 0 aliphatic heterocycles. The van der Waals surface area contributed by atoms with Gasteiger partial charge in [-0.2, -0.15) is 0 Å². The molecule has 0 aliphatic carbocycles. The SMILES string of the molecule is COc1ccccc1CC(C)NC(=O)CC(=O)O. The molecule has 0 saturated heterocycles. The van der Waals surface area contributed by atoms with Crippen LogP contribution in [0.4, 0.5) is 0 Å². The van der Waals surface area contributed by atoms with Crippen molar-refractivity contribution in [2.45, 2.75) is 25.8 Å². The number of rotatable bonds is 6. The molecule has 0 heterocycles. The molecule has 18 heavy (non-hydrogen) atoms. The van der Waals surface area contributed by atoms with Crippen LogP contribution in [0.2, 0.25) is 0 Å². The number of ether oxygens (including phenoxy) is 1.